The lowest BCUT2D eigenvalue weighted by Crippen LogP contribution is -2.07. The zero-order chi connectivity index (χ0) is 11.3. The molecule has 4 heteroatoms. The van der Waals surface area contributed by atoms with Crippen molar-refractivity contribution in [1.82, 2.24) is 0 Å². The smallest absolute Gasteiger partial charge is 0.126 e. The van der Waals surface area contributed by atoms with Crippen LogP contribution in [0.25, 0.3) is 0 Å². The summed E-state index contributed by atoms with van der Waals surface area (Å²) in [4.78, 5) is 4.49. The van der Waals surface area contributed by atoms with E-state index in [0.29, 0.717) is 24.3 Å². The minimum absolute atomic E-state index is 0.368. The number of benzene rings is 1. The molecule has 1 aromatic carbocycles. The first-order valence-corrected chi connectivity index (χ1v) is 4.82. The Morgan fingerprint density at radius 2 is 2.20 bits per heavy atom. The van der Waals surface area contributed by atoms with Crippen molar-refractivity contribution in [3.05, 3.63) is 29.3 Å². The average Bonchev–Trinajstić information content (AvgIpc) is 2.25. The second-order valence-corrected chi connectivity index (χ2v) is 3.27. The molecule has 0 fully saturated rings. The van der Waals surface area contributed by atoms with Gasteiger partial charge in [0.2, 0.25) is 0 Å². The lowest BCUT2D eigenvalue weighted by Gasteiger charge is -2.14. The molecule has 1 aromatic rings. The predicted molar refractivity (Wildman–Crippen MR) is 56.4 cm³/mol. The second-order valence-electron chi connectivity index (χ2n) is 3.27. The summed E-state index contributed by atoms with van der Waals surface area (Å²) < 4.78 is 18.5. The molecule has 0 aliphatic rings. The Balaban J connectivity index is 3.02. The van der Waals surface area contributed by atoms with Gasteiger partial charge in [-0.2, -0.15) is 0 Å². The van der Waals surface area contributed by atoms with Crippen molar-refractivity contribution in [3.63, 3.8) is 0 Å². The summed E-state index contributed by atoms with van der Waals surface area (Å²) in [5.41, 5.74) is 1.45. The van der Waals surface area contributed by atoms with E-state index in [0.717, 1.165) is 5.56 Å². The monoisotopic (exact) mass is 213 g/mol. The van der Waals surface area contributed by atoms with Crippen LogP contribution in [0.2, 0.25) is 0 Å². The summed E-state index contributed by atoms with van der Waals surface area (Å²) in [6, 6.07) is 5.43. The molecule has 15 heavy (non-hydrogen) atoms. The van der Waals surface area contributed by atoms with Gasteiger partial charge in [-0.15, -0.1) is 0 Å². The normalized spacial score (nSPS) is 12.5. The third-order valence-electron chi connectivity index (χ3n) is 2.26. The molecule has 0 spiro atoms. The summed E-state index contributed by atoms with van der Waals surface area (Å²) in [6.07, 6.45) is -0.481. The molecule has 0 amide bonds. The van der Waals surface area contributed by atoms with Gasteiger partial charge in [-0.25, -0.2) is 10.3 Å². The summed E-state index contributed by atoms with van der Waals surface area (Å²) in [5.74, 6) is 5.52. The van der Waals surface area contributed by atoms with E-state index in [1.165, 1.54) is 14.0 Å². The fraction of sp³-hybridized carbons (Fsp3) is 0.455. The van der Waals surface area contributed by atoms with Crippen LogP contribution in [0.4, 0.5) is 4.39 Å². The number of hydrogen-bond acceptors (Lipinski definition) is 3. The van der Waals surface area contributed by atoms with Crippen molar-refractivity contribution >= 4 is 0 Å². The molecule has 3 nitrogen and oxygen atoms in total. The maximum Gasteiger partial charge on any atom is 0.126 e. The molecule has 0 bridgehead atoms. The van der Waals surface area contributed by atoms with E-state index in [-0.39, 0.29) is 0 Å². The topological polar surface area (TPSA) is 44.5 Å². The summed E-state index contributed by atoms with van der Waals surface area (Å²) in [5, 5.41) is 0. The van der Waals surface area contributed by atoms with Gasteiger partial charge in [-0.3, -0.25) is 0 Å². The van der Waals surface area contributed by atoms with Gasteiger partial charge < -0.3 is 9.57 Å². The van der Waals surface area contributed by atoms with Crippen molar-refractivity contribution in [2.45, 2.75) is 19.5 Å². The molecule has 0 radical (unpaired) electrons. The lowest BCUT2D eigenvalue weighted by molar-refractivity contribution is 0.141. The zero-order valence-electron chi connectivity index (χ0n) is 9.00. The van der Waals surface area contributed by atoms with E-state index >= 15 is 0 Å². The maximum absolute atomic E-state index is 13.4. The van der Waals surface area contributed by atoms with Gasteiger partial charge >= 0.3 is 0 Å². The highest BCUT2D eigenvalue weighted by molar-refractivity contribution is 5.41. The average molecular weight is 213 g/mol. The largest absolute Gasteiger partial charge is 0.496 e. The highest BCUT2D eigenvalue weighted by Gasteiger charge is 2.14. The molecule has 2 N–H and O–H groups in total. The van der Waals surface area contributed by atoms with E-state index in [4.69, 9.17) is 10.6 Å². The van der Waals surface area contributed by atoms with E-state index in [1.807, 2.05) is 12.1 Å². The molecule has 0 aromatic heterocycles. The van der Waals surface area contributed by atoms with Crippen LogP contribution in [0.15, 0.2) is 18.2 Å². The molecule has 0 aliphatic carbocycles. The first-order chi connectivity index (χ1) is 7.20. The summed E-state index contributed by atoms with van der Waals surface area (Å²) in [6.45, 7) is 1.86. The van der Waals surface area contributed by atoms with E-state index < -0.39 is 6.17 Å². The maximum atomic E-state index is 13.4. The predicted octanol–water partition coefficient (Wildman–Crippen LogP) is 2.16. The Morgan fingerprint density at radius 1 is 1.47 bits per heavy atom. The Hall–Kier alpha value is -1.13. The van der Waals surface area contributed by atoms with Crippen LogP contribution in [0, 0.1) is 0 Å². The van der Waals surface area contributed by atoms with E-state index in [9.17, 15) is 4.39 Å². The molecule has 0 saturated heterocycles. The van der Waals surface area contributed by atoms with Gasteiger partial charge in [0.1, 0.15) is 11.9 Å². The number of rotatable bonds is 5. The second kappa shape index (κ2) is 5.68. The SMILES string of the molecule is COc1cccc(CCON)c1C(C)F. The van der Waals surface area contributed by atoms with Gasteiger partial charge in [-0.1, -0.05) is 12.1 Å². The third-order valence-corrected chi connectivity index (χ3v) is 2.26. The quantitative estimate of drug-likeness (QED) is 0.762. The fourth-order valence-electron chi connectivity index (χ4n) is 1.61. The Kier molecular flexibility index (Phi) is 4.52. The zero-order valence-corrected chi connectivity index (χ0v) is 9.00. The summed E-state index contributed by atoms with van der Waals surface area (Å²) in [7, 11) is 1.53. The van der Waals surface area contributed by atoms with Crippen LogP contribution in [0.1, 0.15) is 24.2 Å². The molecule has 0 saturated carbocycles. The van der Waals surface area contributed by atoms with Crippen molar-refractivity contribution in [2.75, 3.05) is 13.7 Å². The van der Waals surface area contributed by atoms with Gasteiger partial charge in [-0.05, 0) is 25.0 Å². The minimum Gasteiger partial charge on any atom is -0.496 e. The molecule has 84 valence electrons. The fourth-order valence-corrected chi connectivity index (χ4v) is 1.61. The Labute approximate surface area is 88.9 Å². The van der Waals surface area contributed by atoms with Crippen LogP contribution in [0.3, 0.4) is 0 Å². The molecule has 1 rings (SSSR count). The number of methoxy groups -OCH3 is 1. The standard InChI is InChI=1S/C11H16FNO2/c1-8(12)11-9(6-7-15-13)4-3-5-10(11)14-2/h3-5,8H,6-7,13H2,1-2H3. The van der Waals surface area contributed by atoms with Crippen LogP contribution >= 0.6 is 0 Å². The van der Waals surface area contributed by atoms with Gasteiger partial charge in [0, 0.05) is 5.56 Å². The van der Waals surface area contributed by atoms with E-state index in [1.54, 1.807) is 6.07 Å². The molecular formula is C11H16FNO2. The van der Waals surface area contributed by atoms with Crippen molar-refractivity contribution in [3.8, 4) is 5.75 Å². The number of ether oxygens (including phenoxy) is 1. The van der Waals surface area contributed by atoms with Crippen LogP contribution in [-0.4, -0.2) is 13.7 Å². The number of nitrogens with two attached hydrogens (primary N) is 1. The first-order valence-electron chi connectivity index (χ1n) is 4.82. The summed E-state index contributed by atoms with van der Waals surface area (Å²) >= 11 is 0. The highest BCUT2D eigenvalue weighted by Crippen LogP contribution is 2.31. The Morgan fingerprint density at radius 3 is 2.73 bits per heavy atom. The number of hydrogen-bond donors (Lipinski definition) is 1. The number of halogens is 1. The highest BCUT2D eigenvalue weighted by atomic mass is 19.1. The van der Waals surface area contributed by atoms with Crippen molar-refractivity contribution in [1.29, 1.82) is 0 Å². The minimum atomic E-state index is -1.06. The molecule has 1 atom stereocenters. The number of alkyl halides is 1. The van der Waals surface area contributed by atoms with Gasteiger partial charge in [0.05, 0.1) is 13.7 Å². The third kappa shape index (κ3) is 2.91. The first kappa shape index (κ1) is 11.9. The molecular weight excluding hydrogens is 197 g/mol. The molecule has 1 unspecified atom stereocenters. The van der Waals surface area contributed by atoms with Crippen LogP contribution in [-0.2, 0) is 11.3 Å². The van der Waals surface area contributed by atoms with Crippen LogP contribution < -0.4 is 10.6 Å². The van der Waals surface area contributed by atoms with Gasteiger partial charge in [0.25, 0.3) is 0 Å². The van der Waals surface area contributed by atoms with Crippen LogP contribution in [0.5, 0.6) is 5.75 Å². The van der Waals surface area contributed by atoms with Gasteiger partial charge in [0.15, 0.2) is 0 Å². The Bertz CT molecular complexity index is 315. The van der Waals surface area contributed by atoms with Crippen molar-refractivity contribution < 1.29 is 14.0 Å². The van der Waals surface area contributed by atoms with E-state index in [2.05, 4.69) is 4.84 Å². The molecule has 0 aliphatic heterocycles. The molecule has 0 heterocycles. The van der Waals surface area contributed by atoms with Crippen molar-refractivity contribution in [2.24, 2.45) is 5.90 Å². The lowest BCUT2D eigenvalue weighted by atomic mass is 10.0.